The molecule has 0 aromatic heterocycles. The molecule has 0 spiro atoms. The summed E-state index contributed by atoms with van der Waals surface area (Å²) in [6, 6.07) is 0. The molecule has 0 aromatic carbocycles. The summed E-state index contributed by atoms with van der Waals surface area (Å²) < 4.78 is 11.1. The van der Waals surface area contributed by atoms with Crippen LogP contribution in [0.15, 0.2) is 11.5 Å². The standard InChI is InChI=1S/C6H10N2OS/c9-10-4-2-5-1-3-7-8-6(5)10/h2,4-8H,1,3H2. The summed E-state index contributed by atoms with van der Waals surface area (Å²) in [6.45, 7) is 0.975. The van der Waals surface area contributed by atoms with Crippen LogP contribution in [0, 0.1) is 5.92 Å². The van der Waals surface area contributed by atoms with Gasteiger partial charge >= 0.3 is 0 Å². The van der Waals surface area contributed by atoms with Crippen molar-refractivity contribution in [3.63, 3.8) is 0 Å². The number of hydrogen-bond acceptors (Lipinski definition) is 3. The maximum absolute atomic E-state index is 11.1. The van der Waals surface area contributed by atoms with Crippen LogP contribution in [-0.4, -0.2) is 16.1 Å². The summed E-state index contributed by atoms with van der Waals surface area (Å²) in [5.74, 6) is 0.488. The highest BCUT2D eigenvalue weighted by molar-refractivity contribution is 7.88. The number of rotatable bonds is 0. The van der Waals surface area contributed by atoms with E-state index in [-0.39, 0.29) is 5.37 Å². The first-order valence-electron chi connectivity index (χ1n) is 3.44. The average Bonchev–Trinajstić information content (AvgIpc) is 2.34. The number of hydrogen-bond donors (Lipinski definition) is 2. The Morgan fingerprint density at radius 3 is 3.30 bits per heavy atom. The van der Waals surface area contributed by atoms with E-state index in [1.165, 1.54) is 0 Å². The van der Waals surface area contributed by atoms with Crippen molar-refractivity contribution in [1.82, 2.24) is 10.9 Å². The number of nitrogens with one attached hydrogen (secondary N) is 2. The summed E-state index contributed by atoms with van der Waals surface area (Å²) in [5, 5.41) is 1.92. The van der Waals surface area contributed by atoms with Gasteiger partial charge in [0.2, 0.25) is 0 Å². The molecular formula is C6H10N2OS. The highest BCUT2D eigenvalue weighted by atomic mass is 32.2. The van der Waals surface area contributed by atoms with E-state index in [2.05, 4.69) is 16.9 Å². The van der Waals surface area contributed by atoms with Crippen LogP contribution in [-0.2, 0) is 10.8 Å². The second-order valence-electron chi connectivity index (χ2n) is 2.60. The average molecular weight is 158 g/mol. The molecule has 2 N–H and O–H groups in total. The second kappa shape index (κ2) is 2.45. The molecule has 56 valence electrons. The Morgan fingerprint density at radius 2 is 2.50 bits per heavy atom. The summed E-state index contributed by atoms with van der Waals surface area (Å²) in [5.41, 5.74) is 6.02. The molecule has 0 saturated carbocycles. The van der Waals surface area contributed by atoms with Gasteiger partial charge in [0.15, 0.2) is 0 Å². The van der Waals surface area contributed by atoms with E-state index in [1.54, 1.807) is 5.41 Å². The zero-order chi connectivity index (χ0) is 6.97. The molecule has 1 saturated heterocycles. The van der Waals surface area contributed by atoms with Gasteiger partial charge in [0, 0.05) is 17.9 Å². The third-order valence-corrected chi connectivity index (χ3v) is 3.34. The molecule has 0 aromatic rings. The molecule has 10 heavy (non-hydrogen) atoms. The van der Waals surface area contributed by atoms with Crippen molar-refractivity contribution in [3.05, 3.63) is 11.5 Å². The van der Waals surface area contributed by atoms with Gasteiger partial charge in [-0.1, -0.05) is 6.08 Å². The fourth-order valence-corrected chi connectivity index (χ4v) is 2.66. The Hall–Kier alpha value is -0.190. The van der Waals surface area contributed by atoms with Crippen molar-refractivity contribution >= 4 is 10.8 Å². The van der Waals surface area contributed by atoms with Gasteiger partial charge in [0.1, 0.15) is 5.37 Å². The van der Waals surface area contributed by atoms with Crippen LogP contribution >= 0.6 is 0 Å². The SMILES string of the molecule is O=S1C=CC2CCNNC21. The third-order valence-electron chi connectivity index (χ3n) is 1.95. The van der Waals surface area contributed by atoms with Gasteiger partial charge in [-0.3, -0.25) is 9.63 Å². The molecule has 0 radical (unpaired) electrons. The van der Waals surface area contributed by atoms with E-state index >= 15 is 0 Å². The Bertz CT molecular complexity index is 192. The van der Waals surface area contributed by atoms with E-state index in [0.717, 1.165) is 13.0 Å². The molecule has 1 fully saturated rings. The maximum atomic E-state index is 11.1. The van der Waals surface area contributed by atoms with Crippen molar-refractivity contribution in [3.8, 4) is 0 Å². The quantitative estimate of drug-likeness (QED) is 0.508. The third kappa shape index (κ3) is 0.923. The van der Waals surface area contributed by atoms with Crippen molar-refractivity contribution in [1.29, 1.82) is 0 Å². The highest BCUT2D eigenvalue weighted by Crippen LogP contribution is 2.22. The Morgan fingerprint density at radius 1 is 1.60 bits per heavy atom. The van der Waals surface area contributed by atoms with E-state index in [0.29, 0.717) is 5.92 Å². The number of hydrazine groups is 1. The first-order chi connectivity index (χ1) is 4.88. The summed E-state index contributed by atoms with van der Waals surface area (Å²) in [6.07, 6.45) is 3.15. The molecule has 2 heterocycles. The molecule has 2 rings (SSSR count). The van der Waals surface area contributed by atoms with E-state index in [1.807, 2.05) is 0 Å². The Labute approximate surface area is 62.3 Å². The normalized spacial score (nSPS) is 45.4. The summed E-state index contributed by atoms with van der Waals surface area (Å²) in [4.78, 5) is 0. The molecule has 0 aliphatic carbocycles. The van der Waals surface area contributed by atoms with Gasteiger partial charge < -0.3 is 0 Å². The van der Waals surface area contributed by atoms with Gasteiger partial charge in [0.25, 0.3) is 0 Å². The minimum Gasteiger partial charge on any atom is -0.257 e. The first-order valence-corrected chi connectivity index (χ1v) is 4.71. The van der Waals surface area contributed by atoms with Crippen LogP contribution in [0.1, 0.15) is 6.42 Å². The second-order valence-corrected chi connectivity index (χ2v) is 4.04. The molecule has 3 nitrogen and oxygen atoms in total. The van der Waals surface area contributed by atoms with Crippen LogP contribution in [0.4, 0.5) is 0 Å². The van der Waals surface area contributed by atoms with Crippen LogP contribution in [0.2, 0.25) is 0 Å². The lowest BCUT2D eigenvalue weighted by molar-refractivity contribution is 0.356. The zero-order valence-corrected chi connectivity index (χ0v) is 6.36. The molecule has 3 atom stereocenters. The maximum Gasteiger partial charge on any atom is 0.107 e. The lowest BCUT2D eigenvalue weighted by Gasteiger charge is -2.25. The van der Waals surface area contributed by atoms with Crippen molar-refractivity contribution < 1.29 is 4.21 Å². The van der Waals surface area contributed by atoms with Crippen molar-refractivity contribution in [2.24, 2.45) is 5.92 Å². The van der Waals surface area contributed by atoms with Gasteiger partial charge in [-0.25, -0.2) is 5.43 Å². The molecule has 2 aliphatic heterocycles. The zero-order valence-electron chi connectivity index (χ0n) is 5.54. The minimum atomic E-state index is -0.794. The van der Waals surface area contributed by atoms with Crippen molar-refractivity contribution in [2.75, 3.05) is 6.54 Å². The molecule has 0 amide bonds. The highest BCUT2D eigenvalue weighted by Gasteiger charge is 2.30. The van der Waals surface area contributed by atoms with Crippen LogP contribution in [0.5, 0.6) is 0 Å². The summed E-state index contributed by atoms with van der Waals surface area (Å²) in [7, 11) is -0.794. The molecule has 3 unspecified atom stereocenters. The molecule has 0 bridgehead atoms. The predicted molar refractivity (Wildman–Crippen MR) is 40.3 cm³/mol. The van der Waals surface area contributed by atoms with Crippen molar-refractivity contribution in [2.45, 2.75) is 11.8 Å². The smallest absolute Gasteiger partial charge is 0.107 e. The van der Waals surface area contributed by atoms with Crippen LogP contribution < -0.4 is 10.9 Å². The van der Waals surface area contributed by atoms with E-state index in [9.17, 15) is 4.21 Å². The van der Waals surface area contributed by atoms with Gasteiger partial charge in [-0.05, 0) is 6.42 Å². The number of fused-ring (bicyclic) bond motifs is 1. The molecule has 4 heteroatoms. The largest absolute Gasteiger partial charge is 0.257 e. The minimum absolute atomic E-state index is 0.133. The fourth-order valence-electron chi connectivity index (χ4n) is 1.36. The Balaban J connectivity index is 2.14. The topological polar surface area (TPSA) is 41.1 Å². The van der Waals surface area contributed by atoms with Crippen LogP contribution in [0.3, 0.4) is 0 Å². The molecular weight excluding hydrogens is 148 g/mol. The predicted octanol–water partition coefficient (Wildman–Crippen LogP) is -0.297. The van der Waals surface area contributed by atoms with E-state index < -0.39 is 10.8 Å². The first kappa shape index (κ1) is 6.52. The lowest BCUT2D eigenvalue weighted by atomic mass is 10.1. The van der Waals surface area contributed by atoms with E-state index in [4.69, 9.17) is 0 Å². The Kier molecular flexibility index (Phi) is 1.60. The summed E-state index contributed by atoms with van der Waals surface area (Å²) >= 11 is 0. The molecule has 2 aliphatic rings. The monoisotopic (exact) mass is 158 g/mol. The van der Waals surface area contributed by atoms with Gasteiger partial charge in [-0.15, -0.1) is 0 Å². The fraction of sp³-hybridized carbons (Fsp3) is 0.667. The lowest BCUT2D eigenvalue weighted by Crippen LogP contribution is -2.50. The van der Waals surface area contributed by atoms with Gasteiger partial charge in [-0.2, -0.15) is 0 Å². The van der Waals surface area contributed by atoms with Crippen LogP contribution in [0.25, 0.3) is 0 Å². The van der Waals surface area contributed by atoms with Gasteiger partial charge in [0.05, 0.1) is 10.8 Å².